The van der Waals surface area contributed by atoms with E-state index in [-0.39, 0.29) is 12.0 Å². The quantitative estimate of drug-likeness (QED) is 0.826. The van der Waals surface area contributed by atoms with Crippen molar-refractivity contribution in [2.75, 3.05) is 14.2 Å². The van der Waals surface area contributed by atoms with Crippen LogP contribution in [0.15, 0.2) is 24.3 Å². The summed E-state index contributed by atoms with van der Waals surface area (Å²) in [6.07, 6.45) is -0.128. The molecule has 96 valence electrons. The van der Waals surface area contributed by atoms with E-state index in [1.165, 1.54) is 0 Å². The lowest BCUT2D eigenvalue weighted by Crippen LogP contribution is -2.34. The maximum Gasteiger partial charge on any atom is 0.122 e. The van der Waals surface area contributed by atoms with Crippen LogP contribution < -0.4 is 4.74 Å². The summed E-state index contributed by atoms with van der Waals surface area (Å²) < 4.78 is 10.6. The summed E-state index contributed by atoms with van der Waals surface area (Å²) in [6.45, 7) is 4.08. The number of hydrogen-bond acceptors (Lipinski definition) is 3. The van der Waals surface area contributed by atoms with Gasteiger partial charge in [0.05, 0.1) is 19.3 Å². The molecule has 0 aromatic heterocycles. The standard InChI is InChI=1S/C14H22O3/c1-10(2)14(17-4)12(15)9-11-7-5-6-8-13(11)16-3/h5-8,10,12,14-15H,9H2,1-4H3. The van der Waals surface area contributed by atoms with Gasteiger partial charge < -0.3 is 14.6 Å². The van der Waals surface area contributed by atoms with Crippen LogP contribution in [0.25, 0.3) is 0 Å². The van der Waals surface area contributed by atoms with Gasteiger partial charge >= 0.3 is 0 Å². The van der Waals surface area contributed by atoms with E-state index < -0.39 is 6.10 Å². The fourth-order valence-corrected chi connectivity index (χ4v) is 2.09. The molecule has 0 aliphatic carbocycles. The minimum absolute atomic E-state index is 0.153. The molecule has 17 heavy (non-hydrogen) atoms. The van der Waals surface area contributed by atoms with Crippen LogP contribution in [0.4, 0.5) is 0 Å². The average molecular weight is 238 g/mol. The van der Waals surface area contributed by atoms with E-state index in [4.69, 9.17) is 9.47 Å². The lowest BCUT2D eigenvalue weighted by atomic mass is 9.96. The zero-order valence-electron chi connectivity index (χ0n) is 11.0. The van der Waals surface area contributed by atoms with E-state index in [9.17, 15) is 5.11 Å². The first kappa shape index (κ1) is 14.0. The van der Waals surface area contributed by atoms with E-state index in [1.54, 1.807) is 14.2 Å². The van der Waals surface area contributed by atoms with Crippen LogP contribution in [0, 0.1) is 5.92 Å². The summed E-state index contributed by atoms with van der Waals surface area (Å²) in [7, 11) is 3.28. The van der Waals surface area contributed by atoms with Crippen molar-refractivity contribution in [3.8, 4) is 5.75 Å². The molecule has 0 heterocycles. The molecule has 0 spiro atoms. The minimum Gasteiger partial charge on any atom is -0.496 e. The maximum atomic E-state index is 10.2. The van der Waals surface area contributed by atoms with Gasteiger partial charge in [-0.25, -0.2) is 0 Å². The molecule has 1 rings (SSSR count). The van der Waals surface area contributed by atoms with Crippen LogP contribution in [0.1, 0.15) is 19.4 Å². The number of aliphatic hydroxyl groups excluding tert-OH is 1. The number of hydrogen-bond donors (Lipinski definition) is 1. The Balaban J connectivity index is 2.76. The highest BCUT2D eigenvalue weighted by Gasteiger charge is 2.23. The summed E-state index contributed by atoms with van der Waals surface area (Å²) in [4.78, 5) is 0. The molecule has 3 heteroatoms. The lowest BCUT2D eigenvalue weighted by Gasteiger charge is -2.25. The second-order valence-electron chi connectivity index (χ2n) is 4.53. The number of ether oxygens (including phenoxy) is 2. The predicted molar refractivity (Wildman–Crippen MR) is 68.3 cm³/mol. The molecule has 0 aliphatic heterocycles. The third-order valence-electron chi connectivity index (χ3n) is 2.93. The number of rotatable bonds is 6. The molecular weight excluding hydrogens is 216 g/mol. The van der Waals surface area contributed by atoms with E-state index >= 15 is 0 Å². The van der Waals surface area contributed by atoms with Gasteiger partial charge in [-0.1, -0.05) is 32.0 Å². The zero-order valence-corrected chi connectivity index (χ0v) is 11.0. The van der Waals surface area contributed by atoms with Gasteiger partial charge in [0.15, 0.2) is 0 Å². The molecule has 3 nitrogen and oxygen atoms in total. The van der Waals surface area contributed by atoms with Crippen LogP contribution >= 0.6 is 0 Å². The molecule has 1 aromatic rings. The predicted octanol–water partition coefficient (Wildman–Crippen LogP) is 2.27. The monoisotopic (exact) mass is 238 g/mol. The molecule has 1 aromatic carbocycles. The number of aliphatic hydroxyl groups is 1. The lowest BCUT2D eigenvalue weighted by molar-refractivity contribution is -0.0369. The third-order valence-corrected chi connectivity index (χ3v) is 2.93. The second kappa shape index (κ2) is 6.62. The van der Waals surface area contributed by atoms with E-state index in [0.717, 1.165) is 11.3 Å². The molecule has 2 atom stereocenters. The molecule has 1 N–H and O–H groups in total. The van der Waals surface area contributed by atoms with Crippen LogP contribution in [-0.2, 0) is 11.2 Å². The maximum absolute atomic E-state index is 10.2. The Kier molecular flexibility index (Phi) is 5.45. The van der Waals surface area contributed by atoms with Gasteiger partial charge in [0.25, 0.3) is 0 Å². The number of methoxy groups -OCH3 is 2. The largest absolute Gasteiger partial charge is 0.496 e. The summed E-state index contributed by atoms with van der Waals surface area (Å²) >= 11 is 0. The van der Waals surface area contributed by atoms with Gasteiger partial charge in [-0.15, -0.1) is 0 Å². The van der Waals surface area contributed by atoms with Crippen molar-refractivity contribution in [1.82, 2.24) is 0 Å². The van der Waals surface area contributed by atoms with Crippen molar-refractivity contribution in [1.29, 1.82) is 0 Å². The van der Waals surface area contributed by atoms with Crippen molar-refractivity contribution in [3.05, 3.63) is 29.8 Å². The summed E-state index contributed by atoms with van der Waals surface area (Å²) in [5, 5.41) is 10.2. The number of para-hydroxylation sites is 1. The molecular formula is C14H22O3. The Bertz CT molecular complexity index is 336. The Labute approximate surface area is 103 Å². The normalized spacial score (nSPS) is 14.7. The van der Waals surface area contributed by atoms with Crippen molar-refractivity contribution in [2.24, 2.45) is 5.92 Å². The summed E-state index contributed by atoms with van der Waals surface area (Å²) in [5.41, 5.74) is 1.00. The molecule has 0 bridgehead atoms. The summed E-state index contributed by atoms with van der Waals surface area (Å²) in [6, 6.07) is 7.74. The highest BCUT2D eigenvalue weighted by Crippen LogP contribution is 2.22. The van der Waals surface area contributed by atoms with E-state index in [2.05, 4.69) is 0 Å². The highest BCUT2D eigenvalue weighted by atomic mass is 16.5. The van der Waals surface area contributed by atoms with Crippen LogP contribution in [0.2, 0.25) is 0 Å². The molecule has 2 unspecified atom stereocenters. The van der Waals surface area contributed by atoms with Crippen molar-refractivity contribution >= 4 is 0 Å². The Hall–Kier alpha value is -1.06. The number of benzene rings is 1. The average Bonchev–Trinajstić information content (AvgIpc) is 2.30. The van der Waals surface area contributed by atoms with Crippen molar-refractivity contribution in [3.63, 3.8) is 0 Å². The molecule has 0 radical (unpaired) electrons. The van der Waals surface area contributed by atoms with Gasteiger partial charge in [-0.05, 0) is 17.5 Å². The first-order valence-electron chi connectivity index (χ1n) is 5.93. The SMILES string of the molecule is COc1ccccc1CC(O)C(OC)C(C)C. The topological polar surface area (TPSA) is 38.7 Å². The fraction of sp³-hybridized carbons (Fsp3) is 0.571. The molecule has 0 amide bonds. The molecule has 0 aliphatic rings. The van der Waals surface area contributed by atoms with Crippen LogP contribution in [0.5, 0.6) is 5.75 Å². The van der Waals surface area contributed by atoms with Crippen molar-refractivity contribution < 1.29 is 14.6 Å². The van der Waals surface area contributed by atoms with Gasteiger partial charge in [0.2, 0.25) is 0 Å². The fourth-order valence-electron chi connectivity index (χ4n) is 2.09. The molecule has 0 saturated carbocycles. The highest BCUT2D eigenvalue weighted by molar-refractivity contribution is 5.33. The Morgan fingerprint density at radius 2 is 1.82 bits per heavy atom. The minimum atomic E-state index is -0.517. The Morgan fingerprint density at radius 3 is 2.35 bits per heavy atom. The molecule has 0 fully saturated rings. The van der Waals surface area contributed by atoms with Crippen molar-refractivity contribution in [2.45, 2.75) is 32.5 Å². The van der Waals surface area contributed by atoms with Crippen LogP contribution in [-0.4, -0.2) is 31.5 Å². The van der Waals surface area contributed by atoms with Crippen LogP contribution in [0.3, 0.4) is 0 Å². The third kappa shape index (κ3) is 3.72. The van der Waals surface area contributed by atoms with Gasteiger partial charge in [0, 0.05) is 13.5 Å². The second-order valence-corrected chi connectivity index (χ2v) is 4.53. The first-order chi connectivity index (χ1) is 8.10. The Morgan fingerprint density at radius 1 is 1.18 bits per heavy atom. The van der Waals surface area contributed by atoms with E-state index in [0.29, 0.717) is 6.42 Å². The van der Waals surface area contributed by atoms with E-state index in [1.807, 2.05) is 38.1 Å². The first-order valence-corrected chi connectivity index (χ1v) is 5.93. The summed E-state index contributed by atoms with van der Waals surface area (Å²) in [5.74, 6) is 1.09. The zero-order chi connectivity index (χ0) is 12.8. The van der Waals surface area contributed by atoms with Gasteiger partial charge in [-0.2, -0.15) is 0 Å². The van der Waals surface area contributed by atoms with Gasteiger partial charge in [0.1, 0.15) is 5.75 Å². The smallest absolute Gasteiger partial charge is 0.122 e. The van der Waals surface area contributed by atoms with Gasteiger partial charge in [-0.3, -0.25) is 0 Å². The molecule has 0 saturated heterocycles.